The number of likely N-dealkylation sites (tertiary alicyclic amines) is 1. The van der Waals surface area contributed by atoms with E-state index in [0.717, 1.165) is 13.0 Å². The van der Waals surface area contributed by atoms with Gasteiger partial charge in [-0.3, -0.25) is 0 Å². The van der Waals surface area contributed by atoms with Gasteiger partial charge in [0, 0.05) is 13.0 Å². The Morgan fingerprint density at radius 1 is 1.47 bits per heavy atom. The van der Waals surface area contributed by atoms with Gasteiger partial charge in [0.1, 0.15) is 0 Å². The van der Waals surface area contributed by atoms with E-state index in [0.29, 0.717) is 18.9 Å². The molecule has 2 fully saturated rings. The summed E-state index contributed by atoms with van der Waals surface area (Å²) < 4.78 is 11.3. The standard InChI is InChI=1S/C13H22N2O2/c1-2-15-7-3-4-11(9-15)8-13-16-10-12(17-13)5-6-14/h11-13H,2-5,7-10H2,1H3. The van der Waals surface area contributed by atoms with Crippen LogP contribution in [0.5, 0.6) is 0 Å². The van der Waals surface area contributed by atoms with Crippen molar-refractivity contribution in [2.24, 2.45) is 5.92 Å². The highest BCUT2D eigenvalue weighted by Gasteiger charge is 2.29. The monoisotopic (exact) mass is 238 g/mol. The third-order valence-electron chi connectivity index (χ3n) is 3.71. The van der Waals surface area contributed by atoms with Gasteiger partial charge in [-0.2, -0.15) is 5.26 Å². The molecular weight excluding hydrogens is 216 g/mol. The number of rotatable bonds is 4. The minimum Gasteiger partial charge on any atom is -0.350 e. The molecule has 0 spiro atoms. The fraction of sp³-hybridized carbons (Fsp3) is 0.923. The Bertz CT molecular complexity index is 277. The van der Waals surface area contributed by atoms with Crippen LogP contribution in [0.2, 0.25) is 0 Å². The van der Waals surface area contributed by atoms with E-state index in [1.54, 1.807) is 0 Å². The molecule has 0 aromatic rings. The molecule has 2 rings (SSSR count). The lowest BCUT2D eigenvalue weighted by molar-refractivity contribution is -0.0754. The fourth-order valence-corrected chi connectivity index (χ4v) is 2.74. The number of ether oxygens (including phenoxy) is 2. The summed E-state index contributed by atoms with van der Waals surface area (Å²) in [6.45, 7) is 6.34. The van der Waals surface area contributed by atoms with Crippen molar-refractivity contribution >= 4 is 0 Å². The van der Waals surface area contributed by atoms with Crippen molar-refractivity contribution in [2.45, 2.75) is 45.0 Å². The summed E-state index contributed by atoms with van der Waals surface area (Å²) in [6, 6.07) is 2.14. The van der Waals surface area contributed by atoms with Gasteiger partial charge in [0.2, 0.25) is 0 Å². The average molecular weight is 238 g/mol. The molecule has 0 aliphatic carbocycles. The highest BCUT2D eigenvalue weighted by Crippen LogP contribution is 2.26. The summed E-state index contributed by atoms with van der Waals surface area (Å²) >= 11 is 0. The van der Waals surface area contributed by atoms with Crippen LogP contribution in [0.4, 0.5) is 0 Å². The molecule has 0 bridgehead atoms. The molecule has 2 saturated heterocycles. The van der Waals surface area contributed by atoms with Crippen LogP contribution in [0.1, 0.15) is 32.6 Å². The molecule has 96 valence electrons. The molecule has 0 aromatic heterocycles. The van der Waals surface area contributed by atoms with E-state index in [1.807, 2.05) is 0 Å². The first-order valence-corrected chi connectivity index (χ1v) is 6.68. The second-order valence-corrected chi connectivity index (χ2v) is 5.02. The van der Waals surface area contributed by atoms with Gasteiger partial charge < -0.3 is 14.4 Å². The van der Waals surface area contributed by atoms with Crippen LogP contribution in [-0.2, 0) is 9.47 Å². The fourth-order valence-electron chi connectivity index (χ4n) is 2.74. The van der Waals surface area contributed by atoms with Crippen LogP contribution in [0.25, 0.3) is 0 Å². The lowest BCUT2D eigenvalue weighted by Gasteiger charge is -2.32. The number of nitrogens with zero attached hydrogens (tertiary/aromatic N) is 2. The Labute approximate surface area is 103 Å². The molecule has 0 amide bonds. The predicted octanol–water partition coefficient (Wildman–Crippen LogP) is 1.76. The summed E-state index contributed by atoms with van der Waals surface area (Å²) in [7, 11) is 0. The van der Waals surface area contributed by atoms with Gasteiger partial charge in [0.15, 0.2) is 6.29 Å². The second-order valence-electron chi connectivity index (χ2n) is 5.02. The van der Waals surface area contributed by atoms with Crippen molar-refractivity contribution in [1.29, 1.82) is 5.26 Å². The van der Waals surface area contributed by atoms with Crippen LogP contribution in [0, 0.1) is 17.2 Å². The van der Waals surface area contributed by atoms with E-state index in [9.17, 15) is 0 Å². The average Bonchev–Trinajstić information content (AvgIpc) is 2.77. The number of piperidine rings is 1. The van der Waals surface area contributed by atoms with Gasteiger partial charge in [0.05, 0.1) is 25.2 Å². The maximum Gasteiger partial charge on any atom is 0.158 e. The smallest absolute Gasteiger partial charge is 0.158 e. The van der Waals surface area contributed by atoms with Crippen LogP contribution < -0.4 is 0 Å². The van der Waals surface area contributed by atoms with E-state index in [-0.39, 0.29) is 12.4 Å². The van der Waals surface area contributed by atoms with Crippen molar-refractivity contribution in [1.82, 2.24) is 4.90 Å². The highest BCUT2D eigenvalue weighted by atomic mass is 16.7. The summed E-state index contributed by atoms with van der Waals surface area (Å²) in [4.78, 5) is 2.50. The van der Waals surface area contributed by atoms with Gasteiger partial charge >= 0.3 is 0 Å². The van der Waals surface area contributed by atoms with Crippen molar-refractivity contribution in [2.75, 3.05) is 26.2 Å². The minimum absolute atomic E-state index is 0.00383. The Hall–Kier alpha value is -0.630. The second kappa shape index (κ2) is 6.34. The Balaban J connectivity index is 1.72. The largest absolute Gasteiger partial charge is 0.350 e. The van der Waals surface area contributed by atoms with E-state index >= 15 is 0 Å². The van der Waals surface area contributed by atoms with Crippen LogP contribution >= 0.6 is 0 Å². The van der Waals surface area contributed by atoms with Gasteiger partial charge in [0.25, 0.3) is 0 Å². The predicted molar refractivity (Wildman–Crippen MR) is 64.3 cm³/mol. The lowest BCUT2D eigenvalue weighted by Crippen LogP contribution is -2.36. The Kier molecular flexibility index (Phi) is 4.78. The maximum absolute atomic E-state index is 8.61. The SMILES string of the molecule is CCN1CCCC(CC2OCC(CC#N)O2)C1. The van der Waals surface area contributed by atoms with E-state index in [4.69, 9.17) is 14.7 Å². The normalized spacial score (nSPS) is 34.7. The van der Waals surface area contributed by atoms with Gasteiger partial charge in [-0.15, -0.1) is 0 Å². The number of hydrogen-bond donors (Lipinski definition) is 0. The quantitative estimate of drug-likeness (QED) is 0.748. The van der Waals surface area contributed by atoms with Crippen LogP contribution in [0.3, 0.4) is 0 Å². The molecule has 2 aliphatic heterocycles. The molecule has 0 N–H and O–H groups in total. The van der Waals surface area contributed by atoms with Crippen LogP contribution in [0.15, 0.2) is 0 Å². The summed E-state index contributed by atoms with van der Waals surface area (Å²) in [5.74, 6) is 0.689. The number of nitriles is 1. The topological polar surface area (TPSA) is 45.5 Å². The molecule has 3 unspecified atom stereocenters. The van der Waals surface area contributed by atoms with Crippen molar-refractivity contribution < 1.29 is 9.47 Å². The van der Waals surface area contributed by atoms with Gasteiger partial charge in [-0.25, -0.2) is 0 Å². The van der Waals surface area contributed by atoms with Gasteiger partial charge in [-0.05, 0) is 31.8 Å². The molecule has 17 heavy (non-hydrogen) atoms. The molecule has 4 heteroatoms. The van der Waals surface area contributed by atoms with Crippen molar-refractivity contribution in [3.63, 3.8) is 0 Å². The summed E-state index contributed by atoms with van der Waals surface area (Å²) in [5, 5.41) is 8.61. The Morgan fingerprint density at radius 2 is 2.35 bits per heavy atom. The molecule has 0 saturated carbocycles. The zero-order chi connectivity index (χ0) is 12.1. The third-order valence-corrected chi connectivity index (χ3v) is 3.71. The molecule has 2 heterocycles. The lowest BCUT2D eigenvalue weighted by atomic mass is 9.94. The molecule has 3 atom stereocenters. The zero-order valence-corrected chi connectivity index (χ0v) is 10.6. The first-order valence-electron chi connectivity index (χ1n) is 6.68. The molecule has 0 aromatic carbocycles. The Morgan fingerprint density at radius 3 is 3.12 bits per heavy atom. The van der Waals surface area contributed by atoms with Gasteiger partial charge in [-0.1, -0.05) is 6.92 Å². The first kappa shape index (κ1) is 12.8. The molecule has 0 radical (unpaired) electrons. The molecular formula is C13H22N2O2. The van der Waals surface area contributed by atoms with Crippen molar-refractivity contribution in [3.8, 4) is 6.07 Å². The summed E-state index contributed by atoms with van der Waals surface area (Å²) in [6.07, 6.45) is 3.92. The highest BCUT2D eigenvalue weighted by molar-refractivity contribution is 4.80. The number of hydrogen-bond acceptors (Lipinski definition) is 4. The van der Waals surface area contributed by atoms with E-state index < -0.39 is 0 Å². The summed E-state index contributed by atoms with van der Waals surface area (Å²) in [5.41, 5.74) is 0. The zero-order valence-electron chi connectivity index (χ0n) is 10.6. The van der Waals surface area contributed by atoms with E-state index in [1.165, 1.54) is 25.9 Å². The van der Waals surface area contributed by atoms with E-state index in [2.05, 4.69) is 17.9 Å². The molecule has 4 nitrogen and oxygen atoms in total. The minimum atomic E-state index is -0.0739. The van der Waals surface area contributed by atoms with Crippen LogP contribution in [-0.4, -0.2) is 43.5 Å². The van der Waals surface area contributed by atoms with Crippen molar-refractivity contribution in [3.05, 3.63) is 0 Å². The third kappa shape index (κ3) is 3.67. The maximum atomic E-state index is 8.61. The molecule has 2 aliphatic rings. The first-order chi connectivity index (χ1) is 8.31.